The quantitative estimate of drug-likeness (QED) is 0.820. The molecule has 15 heavy (non-hydrogen) atoms. The van der Waals surface area contributed by atoms with Crippen molar-refractivity contribution in [3.05, 3.63) is 35.9 Å². The van der Waals surface area contributed by atoms with Gasteiger partial charge in [-0.05, 0) is 12.0 Å². The van der Waals surface area contributed by atoms with E-state index in [2.05, 4.69) is 0 Å². The minimum Gasteiger partial charge on any atom is -0.353 e. The molecule has 0 amide bonds. The summed E-state index contributed by atoms with van der Waals surface area (Å²) in [6, 6.07) is 10.3. The van der Waals surface area contributed by atoms with Crippen LogP contribution in [-0.2, 0) is 16.1 Å². The zero-order valence-corrected chi connectivity index (χ0v) is 8.76. The summed E-state index contributed by atoms with van der Waals surface area (Å²) in [5.74, 6) is 0. The number of benzene rings is 1. The molecule has 3 nitrogen and oxygen atoms in total. The van der Waals surface area contributed by atoms with Crippen molar-refractivity contribution in [3.63, 3.8) is 0 Å². The molecule has 1 saturated heterocycles. The van der Waals surface area contributed by atoms with Crippen molar-refractivity contribution in [2.45, 2.75) is 31.8 Å². The molecule has 82 valence electrons. The van der Waals surface area contributed by atoms with Crippen LogP contribution < -0.4 is 5.73 Å². The van der Waals surface area contributed by atoms with E-state index in [0.717, 1.165) is 12.8 Å². The predicted molar refractivity (Wildman–Crippen MR) is 58.2 cm³/mol. The molecule has 2 rings (SSSR count). The third-order valence-electron chi connectivity index (χ3n) is 2.57. The summed E-state index contributed by atoms with van der Waals surface area (Å²) < 4.78 is 11.1. The Kier molecular flexibility index (Phi) is 3.72. The molecule has 2 N–H and O–H groups in total. The average Bonchev–Trinajstić information content (AvgIpc) is 2.28. The van der Waals surface area contributed by atoms with Gasteiger partial charge in [0.1, 0.15) is 0 Å². The zero-order valence-electron chi connectivity index (χ0n) is 8.76. The molecule has 0 aliphatic carbocycles. The highest BCUT2D eigenvalue weighted by atomic mass is 16.7. The summed E-state index contributed by atoms with van der Waals surface area (Å²) in [4.78, 5) is 0. The molecule has 0 aromatic heterocycles. The molecule has 0 spiro atoms. The maximum absolute atomic E-state index is 5.83. The lowest BCUT2D eigenvalue weighted by Crippen LogP contribution is -2.36. The largest absolute Gasteiger partial charge is 0.353 e. The molecular formula is C12H17NO2. The van der Waals surface area contributed by atoms with Crippen molar-refractivity contribution < 1.29 is 9.47 Å². The van der Waals surface area contributed by atoms with Crippen molar-refractivity contribution in [3.8, 4) is 0 Å². The second-order valence-corrected chi connectivity index (χ2v) is 3.88. The third kappa shape index (κ3) is 3.30. The number of nitrogens with two attached hydrogens (primary N) is 1. The van der Waals surface area contributed by atoms with Crippen LogP contribution in [0.15, 0.2) is 30.3 Å². The highest BCUT2D eigenvalue weighted by Crippen LogP contribution is 2.14. The van der Waals surface area contributed by atoms with E-state index in [1.807, 2.05) is 30.3 Å². The topological polar surface area (TPSA) is 44.5 Å². The Morgan fingerprint density at radius 3 is 2.87 bits per heavy atom. The first-order valence-corrected chi connectivity index (χ1v) is 5.37. The van der Waals surface area contributed by atoms with Gasteiger partial charge in [0.15, 0.2) is 6.29 Å². The van der Waals surface area contributed by atoms with Crippen LogP contribution in [0, 0.1) is 0 Å². The normalized spacial score (nSPS) is 26.5. The minimum atomic E-state index is -0.131. The summed E-state index contributed by atoms with van der Waals surface area (Å²) in [5, 5.41) is 0. The maximum atomic E-state index is 5.83. The van der Waals surface area contributed by atoms with E-state index in [4.69, 9.17) is 15.2 Å². The Bertz CT molecular complexity index is 289. The molecule has 0 bridgehead atoms. The van der Waals surface area contributed by atoms with Gasteiger partial charge in [-0.25, -0.2) is 0 Å². The summed E-state index contributed by atoms with van der Waals surface area (Å²) in [6.07, 6.45) is 1.60. The van der Waals surface area contributed by atoms with E-state index < -0.39 is 0 Å². The van der Waals surface area contributed by atoms with Gasteiger partial charge in [0.05, 0.1) is 13.2 Å². The smallest absolute Gasteiger partial charge is 0.159 e. The van der Waals surface area contributed by atoms with E-state index in [1.165, 1.54) is 5.56 Å². The van der Waals surface area contributed by atoms with Gasteiger partial charge < -0.3 is 15.2 Å². The van der Waals surface area contributed by atoms with Crippen LogP contribution in [0.1, 0.15) is 18.4 Å². The summed E-state index contributed by atoms with van der Waals surface area (Å²) in [6.45, 7) is 1.30. The summed E-state index contributed by atoms with van der Waals surface area (Å²) in [5.41, 5.74) is 7.00. The van der Waals surface area contributed by atoms with Gasteiger partial charge in [0.25, 0.3) is 0 Å². The zero-order chi connectivity index (χ0) is 10.5. The molecule has 1 aliphatic rings. The van der Waals surface area contributed by atoms with E-state index in [-0.39, 0.29) is 12.3 Å². The number of hydrogen-bond acceptors (Lipinski definition) is 3. The van der Waals surface area contributed by atoms with Crippen molar-refractivity contribution >= 4 is 0 Å². The van der Waals surface area contributed by atoms with Gasteiger partial charge in [-0.2, -0.15) is 0 Å². The molecule has 2 unspecified atom stereocenters. The van der Waals surface area contributed by atoms with E-state index in [0.29, 0.717) is 13.2 Å². The third-order valence-corrected chi connectivity index (χ3v) is 2.57. The number of ether oxygens (including phenoxy) is 2. The Balaban J connectivity index is 1.78. The Morgan fingerprint density at radius 1 is 1.33 bits per heavy atom. The van der Waals surface area contributed by atoms with E-state index in [9.17, 15) is 0 Å². The summed E-state index contributed by atoms with van der Waals surface area (Å²) in [7, 11) is 0. The second-order valence-electron chi connectivity index (χ2n) is 3.88. The first-order valence-electron chi connectivity index (χ1n) is 5.37. The molecule has 0 saturated carbocycles. The van der Waals surface area contributed by atoms with Crippen LogP contribution in [0.5, 0.6) is 0 Å². The second kappa shape index (κ2) is 5.26. The lowest BCUT2D eigenvalue weighted by atomic mass is 10.1. The van der Waals surface area contributed by atoms with Gasteiger partial charge in [-0.1, -0.05) is 30.3 Å². The fourth-order valence-electron chi connectivity index (χ4n) is 1.66. The lowest BCUT2D eigenvalue weighted by Gasteiger charge is -2.27. The van der Waals surface area contributed by atoms with Gasteiger partial charge in [-0.15, -0.1) is 0 Å². The predicted octanol–water partition coefficient (Wildman–Crippen LogP) is 1.67. The van der Waals surface area contributed by atoms with Gasteiger partial charge in [0.2, 0.25) is 0 Å². The van der Waals surface area contributed by atoms with Crippen molar-refractivity contribution in [1.82, 2.24) is 0 Å². The Labute approximate surface area is 90.2 Å². The highest BCUT2D eigenvalue weighted by Gasteiger charge is 2.19. The fraction of sp³-hybridized carbons (Fsp3) is 0.500. The van der Waals surface area contributed by atoms with E-state index >= 15 is 0 Å². The van der Waals surface area contributed by atoms with Crippen LogP contribution in [-0.4, -0.2) is 18.9 Å². The minimum absolute atomic E-state index is 0.131. The molecule has 2 atom stereocenters. The first-order chi connectivity index (χ1) is 7.34. The molecule has 1 fully saturated rings. The Morgan fingerprint density at radius 2 is 2.13 bits per heavy atom. The van der Waals surface area contributed by atoms with Crippen molar-refractivity contribution in [2.24, 2.45) is 5.73 Å². The van der Waals surface area contributed by atoms with Crippen LogP contribution in [0.2, 0.25) is 0 Å². The van der Waals surface area contributed by atoms with Gasteiger partial charge in [-0.3, -0.25) is 0 Å². The molecule has 1 heterocycles. The molecular weight excluding hydrogens is 190 g/mol. The van der Waals surface area contributed by atoms with Gasteiger partial charge >= 0.3 is 0 Å². The van der Waals surface area contributed by atoms with Crippen LogP contribution in [0.25, 0.3) is 0 Å². The van der Waals surface area contributed by atoms with E-state index in [1.54, 1.807) is 0 Å². The lowest BCUT2D eigenvalue weighted by molar-refractivity contribution is -0.172. The monoisotopic (exact) mass is 207 g/mol. The highest BCUT2D eigenvalue weighted by molar-refractivity contribution is 5.13. The average molecular weight is 207 g/mol. The molecule has 0 radical (unpaired) electrons. The molecule has 1 aromatic rings. The Hall–Kier alpha value is -0.900. The first kappa shape index (κ1) is 10.6. The van der Waals surface area contributed by atoms with Crippen LogP contribution in [0.3, 0.4) is 0 Å². The standard InChI is InChI=1S/C12H17NO2/c13-11-6-7-14-12(8-11)15-9-10-4-2-1-3-5-10/h1-5,11-12H,6-9,13H2. The molecule has 3 heteroatoms. The SMILES string of the molecule is NC1CCOC(OCc2ccccc2)C1. The van der Waals surface area contributed by atoms with Crippen LogP contribution in [0.4, 0.5) is 0 Å². The molecule has 1 aromatic carbocycles. The summed E-state index contributed by atoms with van der Waals surface area (Å²) >= 11 is 0. The maximum Gasteiger partial charge on any atom is 0.159 e. The molecule has 1 aliphatic heterocycles. The number of hydrogen-bond donors (Lipinski definition) is 1. The van der Waals surface area contributed by atoms with Crippen LogP contribution >= 0.6 is 0 Å². The van der Waals surface area contributed by atoms with Crippen molar-refractivity contribution in [1.29, 1.82) is 0 Å². The fourth-order valence-corrected chi connectivity index (χ4v) is 1.66. The van der Waals surface area contributed by atoms with Crippen molar-refractivity contribution in [2.75, 3.05) is 6.61 Å². The van der Waals surface area contributed by atoms with Gasteiger partial charge in [0, 0.05) is 12.5 Å². The number of rotatable bonds is 3.